The Labute approximate surface area is 202 Å². The molecule has 0 fully saturated rings. The van der Waals surface area contributed by atoms with Gasteiger partial charge in [0, 0.05) is 12.6 Å². The van der Waals surface area contributed by atoms with E-state index in [0.29, 0.717) is 52.3 Å². The molecule has 0 aliphatic heterocycles. The number of benzene rings is 3. The molecule has 8 nitrogen and oxygen atoms in total. The van der Waals surface area contributed by atoms with Gasteiger partial charge in [0.25, 0.3) is 5.91 Å². The van der Waals surface area contributed by atoms with Crippen molar-refractivity contribution >= 4 is 33.9 Å². The number of nitrogens with zero attached hydrogens (tertiary/aromatic N) is 3. The summed E-state index contributed by atoms with van der Waals surface area (Å²) in [6.07, 6.45) is 0.700. The zero-order valence-corrected chi connectivity index (χ0v) is 19.5. The maximum atomic E-state index is 13.4. The van der Waals surface area contributed by atoms with Gasteiger partial charge in [-0.1, -0.05) is 42.5 Å². The number of anilines is 1. The van der Waals surface area contributed by atoms with Crippen molar-refractivity contribution in [2.45, 2.75) is 6.42 Å². The quantitative estimate of drug-likeness (QED) is 0.373. The van der Waals surface area contributed by atoms with E-state index in [-0.39, 0.29) is 17.3 Å². The number of methoxy groups -OCH3 is 2. The SMILES string of the molecule is COc1ccc(-n2c(N)c(C(=O)NCCc3ccccc3)c3nc4ccccc4nc32)c(OC)c1. The van der Waals surface area contributed by atoms with Crippen molar-refractivity contribution in [1.82, 2.24) is 19.9 Å². The molecule has 3 aromatic carbocycles. The van der Waals surface area contributed by atoms with E-state index >= 15 is 0 Å². The minimum Gasteiger partial charge on any atom is -0.497 e. The Balaban J connectivity index is 1.63. The number of fused-ring (bicyclic) bond motifs is 2. The Bertz CT molecular complexity index is 1530. The molecule has 0 saturated heterocycles. The summed E-state index contributed by atoms with van der Waals surface area (Å²) in [7, 11) is 3.15. The third kappa shape index (κ3) is 4.10. The highest BCUT2D eigenvalue weighted by atomic mass is 16.5. The van der Waals surface area contributed by atoms with Gasteiger partial charge in [-0.2, -0.15) is 0 Å². The van der Waals surface area contributed by atoms with Crippen LogP contribution in [0.25, 0.3) is 27.9 Å². The van der Waals surface area contributed by atoms with Gasteiger partial charge in [0.15, 0.2) is 5.65 Å². The summed E-state index contributed by atoms with van der Waals surface area (Å²) < 4.78 is 12.7. The van der Waals surface area contributed by atoms with Crippen LogP contribution in [0.15, 0.2) is 72.8 Å². The van der Waals surface area contributed by atoms with E-state index in [1.165, 1.54) is 0 Å². The molecule has 0 atom stereocenters. The molecule has 35 heavy (non-hydrogen) atoms. The van der Waals surface area contributed by atoms with Crippen LogP contribution in [0.3, 0.4) is 0 Å². The van der Waals surface area contributed by atoms with E-state index in [4.69, 9.17) is 25.2 Å². The molecule has 5 aromatic rings. The average molecular weight is 468 g/mol. The molecule has 0 radical (unpaired) electrons. The molecule has 176 valence electrons. The molecule has 0 unspecified atom stereocenters. The van der Waals surface area contributed by atoms with Gasteiger partial charge in [-0.15, -0.1) is 0 Å². The topological polar surface area (TPSA) is 104 Å². The minimum absolute atomic E-state index is 0.232. The lowest BCUT2D eigenvalue weighted by atomic mass is 10.1. The summed E-state index contributed by atoms with van der Waals surface area (Å²) >= 11 is 0. The summed E-state index contributed by atoms with van der Waals surface area (Å²) in [5.74, 6) is 1.09. The molecule has 0 spiro atoms. The molecule has 2 aromatic heterocycles. The van der Waals surface area contributed by atoms with E-state index in [9.17, 15) is 4.79 Å². The van der Waals surface area contributed by atoms with Crippen molar-refractivity contribution in [2.75, 3.05) is 26.5 Å². The van der Waals surface area contributed by atoms with Gasteiger partial charge in [0.1, 0.15) is 28.4 Å². The molecule has 1 amide bonds. The normalized spacial score (nSPS) is 11.0. The van der Waals surface area contributed by atoms with Crippen LogP contribution in [-0.4, -0.2) is 41.2 Å². The number of hydrogen-bond donors (Lipinski definition) is 2. The predicted molar refractivity (Wildman–Crippen MR) is 136 cm³/mol. The van der Waals surface area contributed by atoms with Crippen LogP contribution in [0.1, 0.15) is 15.9 Å². The number of aromatic nitrogens is 3. The van der Waals surface area contributed by atoms with Crippen LogP contribution in [0.4, 0.5) is 5.82 Å². The van der Waals surface area contributed by atoms with Gasteiger partial charge in [0.2, 0.25) is 0 Å². The predicted octanol–water partition coefficient (Wildman–Crippen LogP) is 4.15. The summed E-state index contributed by atoms with van der Waals surface area (Å²) in [5.41, 5.74) is 10.9. The lowest BCUT2D eigenvalue weighted by Crippen LogP contribution is -2.26. The monoisotopic (exact) mass is 467 g/mol. The third-order valence-electron chi connectivity index (χ3n) is 5.89. The largest absolute Gasteiger partial charge is 0.497 e. The zero-order valence-electron chi connectivity index (χ0n) is 19.5. The maximum Gasteiger partial charge on any atom is 0.257 e. The molecule has 2 heterocycles. The minimum atomic E-state index is -0.306. The molecule has 5 rings (SSSR count). The van der Waals surface area contributed by atoms with Gasteiger partial charge >= 0.3 is 0 Å². The molecule has 0 bridgehead atoms. The fourth-order valence-electron chi connectivity index (χ4n) is 4.15. The highest BCUT2D eigenvalue weighted by Crippen LogP contribution is 2.36. The van der Waals surface area contributed by atoms with Gasteiger partial charge < -0.3 is 20.5 Å². The van der Waals surface area contributed by atoms with Crippen molar-refractivity contribution < 1.29 is 14.3 Å². The van der Waals surface area contributed by atoms with Crippen molar-refractivity contribution in [1.29, 1.82) is 0 Å². The number of nitrogens with two attached hydrogens (primary N) is 1. The van der Waals surface area contributed by atoms with Crippen LogP contribution >= 0.6 is 0 Å². The smallest absolute Gasteiger partial charge is 0.257 e. The standard InChI is InChI=1S/C27H25N5O3/c1-34-18-12-13-21(22(16-18)35-2)32-25(28)23(27(33)29-15-14-17-8-4-3-5-9-17)24-26(32)31-20-11-7-6-10-19(20)30-24/h3-13,16H,14-15,28H2,1-2H3,(H,29,33). The van der Waals surface area contributed by atoms with E-state index < -0.39 is 0 Å². The van der Waals surface area contributed by atoms with E-state index in [1.54, 1.807) is 30.9 Å². The van der Waals surface area contributed by atoms with Gasteiger partial charge in [-0.25, -0.2) is 9.97 Å². The number of amides is 1. The van der Waals surface area contributed by atoms with Crippen LogP contribution < -0.4 is 20.5 Å². The molecule has 0 saturated carbocycles. The Kier molecular flexibility index (Phi) is 5.93. The summed E-state index contributed by atoms with van der Waals surface area (Å²) in [6, 6.07) is 22.9. The fraction of sp³-hybridized carbons (Fsp3) is 0.148. The summed E-state index contributed by atoms with van der Waals surface area (Å²) in [5, 5.41) is 2.99. The van der Waals surface area contributed by atoms with Crippen molar-refractivity contribution in [2.24, 2.45) is 0 Å². The van der Waals surface area contributed by atoms with Crippen LogP contribution in [-0.2, 0) is 6.42 Å². The second kappa shape index (κ2) is 9.34. The van der Waals surface area contributed by atoms with Crippen molar-refractivity contribution in [3.8, 4) is 17.2 Å². The number of carbonyl (C=O) groups is 1. The first kappa shape index (κ1) is 22.2. The Morgan fingerprint density at radius 2 is 1.66 bits per heavy atom. The fourth-order valence-corrected chi connectivity index (χ4v) is 4.15. The Morgan fingerprint density at radius 1 is 0.943 bits per heavy atom. The highest BCUT2D eigenvalue weighted by Gasteiger charge is 2.26. The average Bonchev–Trinajstić information content (AvgIpc) is 3.17. The van der Waals surface area contributed by atoms with Gasteiger partial charge in [-0.3, -0.25) is 9.36 Å². The molecule has 8 heteroatoms. The number of rotatable bonds is 7. The van der Waals surface area contributed by atoms with Crippen LogP contribution in [0, 0.1) is 0 Å². The number of carbonyl (C=O) groups excluding carboxylic acids is 1. The number of ether oxygens (including phenoxy) is 2. The van der Waals surface area contributed by atoms with Gasteiger partial charge in [-0.05, 0) is 36.2 Å². The molecular weight excluding hydrogens is 442 g/mol. The number of nitrogen functional groups attached to an aromatic ring is 1. The second-order valence-corrected chi connectivity index (χ2v) is 8.01. The Morgan fingerprint density at radius 3 is 2.37 bits per heavy atom. The summed E-state index contributed by atoms with van der Waals surface area (Å²) in [6.45, 7) is 0.460. The van der Waals surface area contributed by atoms with Crippen LogP contribution in [0.5, 0.6) is 11.5 Å². The zero-order chi connectivity index (χ0) is 24.4. The van der Waals surface area contributed by atoms with Gasteiger partial charge in [0.05, 0.1) is 30.9 Å². The number of para-hydroxylation sites is 2. The molecule has 3 N–H and O–H groups in total. The molecule has 0 aliphatic carbocycles. The number of hydrogen-bond acceptors (Lipinski definition) is 6. The first-order valence-electron chi connectivity index (χ1n) is 11.2. The Hall–Kier alpha value is -4.59. The first-order valence-corrected chi connectivity index (χ1v) is 11.2. The second-order valence-electron chi connectivity index (χ2n) is 8.01. The van der Waals surface area contributed by atoms with Crippen LogP contribution in [0.2, 0.25) is 0 Å². The maximum absolute atomic E-state index is 13.4. The van der Waals surface area contributed by atoms with Crippen molar-refractivity contribution in [3.05, 3.63) is 83.9 Å². The lowest BCUT2D eigenvalue weighted by molar-refractivity contribution is 0.0956. The first-order chi connectivity index (χ1) is 17.1. The van der Waals surface area contributed by atoms with Crippen molar-refractivity contribution in [3.63, 3.8) is 0 Å². The third-order valence-corrected chi connectivity index (χ3v) is 5.89. The van der Waals surface area contributed by atoms with E-state index in [0.717, 1.165) is 5.56 Å². The summed E-state index contributed by atoms with van der Waals surface area (Å²) in [4.78, 5) is 23.0. The molecular formula is C27H25N5O3. The highest BCUT2D eigenvalue weighted by molar-refractivity contribution is 6.11. The number of nitrogens with one attached hydrogen (secondary N) is 1. The molecule has 0 aliphatic rings. The van der Waals surface area contributed by atoms with E-state index in [2.05, 4.69) is 5.32 Å². The van der Waals surface area contributed by atoms with E-state index in [1.807, 2.05) is 60.7 Å². The lowest BCUT2D eigenvalue weighted by Gasteiger charge is -2.13.